The number of hydrogen-bond acceptors (Lipinski definition) is 5. The number of rotatable bonds is 3. The Kier molecular flexibility index (Phi) is 3.45. The third-order valence-electron chi connectivity index (χ3n) is 5.42. The Morgan fingerprint density at radius 2 is 1.73 bits per heavy atom. The van der Waals surface area contributed by atoms with Gasteiger partial charge in [0.1, 0.15) is 17.5 Å². The Morgan fingerprint density at radius 3 is 2.50 bits per heavy atom. The Hall–Kier alpha value is -2.57. The maximum Gasteiger partial charge on any atom is 0.159 e. The van der Waals surface area contributed by atoms with Gasteiger partial charge in [0.05, 0.1) is 11.4 Å². The lowest BCUT2D eigenvalue weighted by molar-refractivity contribution is 0.483. The largest absolute Gasteiger partial charge is 0.269 e. The number of aromatic nitrogens is 7. The molecule has 0 bridgehead atoms. The van der Waals surface area contributed by atoms with E-state index in [-0.39, 0.29) is 0 Å². The first kappa shape index (κ1) is 15.7. The highest BCUT2D eigenvalue weighted by molar-refractivity contribution is 5.35. The molecule has 1 saturated carbocycles. The molecule has 1 aliphatic heterocycles. The lowest BCUT2D eigenvalue weighted by Gasteiger charge is -2.11. The molecule has 0 N–H and O–H groups in total. The van der Waals surface area contributed by atoms with E-state index in [0.29, 0.717) is 11.8 Å². The van der Waals surface area contributed by atoms with Gasteiger partial charge in [-0.2, -0.15) is 9.78 Å². The molecule has 0 saturated heterocycles. The summed E-state index contributed by atoms with van der Waals surface area (Å²) < 4.78 is 4.01. The minimum absolute atomic E-state index is 0.428. The van der Waals surface area contributed by atoms with Crippen LogP contribution in [-0.4, -0.2) is 34.5 Å². The van der Waals surface area contributed by atoms with Crippen molar-refractivity contribution >= 4 is 0 Å². The number of fused-ring (bicyclic) bond motifs is 1. The lowest BCUT2D eigenvalue weighted by atomic mass is 10.1. The molecule has 3 aromatic heterocycles. The van der Waals surface area contributed by atoms with Crippen molar-refractivity contribution in [2.24, 2.45) is 0 Å². The zero-order chi connectivity index (χ0) is 17.8. The maximum atomic E-state index is 4.85. The minimum Gasteiger partial charge on any atom is -0.269 e. The van der Waals surface area contributed by atoms with Gasteiger partial charge in [0, 0.05) is 30.1 Å². The predicted molar refractivity (Wildman–Crippen MR) is 96.4 cm³/mol. The summed E-state index contributed by atoms with van der Waals surface area (Å²) in [5.74, 6) is 4.10. The molecule has 4 heterocycles. The Balaban J connectivity index is 1.44. The van der Waals surface area contributed by atoms with Crippen LogP contribution in [0.25, 0.3) is 5.82 Å². The smallest absolute Gasteiger partial charge is 0.159 e. The van der Waals surface area contributed by atoms with Gasteiger partial charge in [0.15, 0.2) is 5.82 Å². The Labute approximate surface area is 152 Å². The summed E-state index contributed by atoms with van der Waals surface area (Å²) in [7, 11) is 0. The third kappa shape index (κ3) is 2.62. The molecular formula is C19H23N7. The highest BCUT2D eigenvalue weighted by Gasteiger charge is 2.43. The average Bonchev–Trinajstić information content (AvgIpc) is 3.18. The molecule has 0 unspecified atom stereocenters. The fourth-order valence-electron chi connectivity index (χ4n) is 4.08. The van der Waals surface area contributed by atoms with Crippen molar-refractivity contribution in [3.8, 4) is 5.82 Å². The molecule has 26 heavy (non-hydrogen) atoms. The summed E-state index contributed by atoms with van der Waals surface area (Å²) in [6, 6.07) is 4.37. The van der Waals surface area contributed by atoms with Gasteiger partial charge in [-0.15, -0.1) is 5.10 Å². The molecule has 7 nitrogen and oxygen atoms in total. The summed E-state index contributed by atoms with van der Waals surface area (Å²) in [6.45, 7) is 6.86. The summed E-state index contributed by atoms with van der Waals surface area (Å²) in [6.07, 6.45) is 4.80. The van der Waals surface area contributed by atoms with Crippen LogP contribution in [0.5, 0.6) is 0 Å². The van der Waals surface area contributed by atoms with Crippen LogP contribution in [0.15, 0.2) is 12.1 Å². The van der Waals surface area contributed by atoms with Crippen LogP contribution >= 0.6 is 0 Å². The molecular weight excluding hydrogens is 326 g/mol. The Morgan fingerprint density at radius 1 is 0.885 bits per heavy atom. The van der Waals surface area contributed by atoms with E-state index in [1.165, 1.54) is 24.2 Å². The zero-order valence-electron chi connectivity index (χ0n) is 15.5. The van der Waals surface area contributed by atoms with Crippen molar-refractivity contribution in [2.75, 3.05) is 0 Å². The monoisotopic (exact) mass is 349 g/mol. The van der Waals surface area contributed by atoms with Gasteiger partial charge < -0.3 is 0 Å². The first-order valence-corrected chi connectivity index (χ1v) is 9.41. The highest BCUT2D eigenvalue weighted by atomic mass is 15.4. The van der Waals surface area contributed by atoms with Crippen molar-refractivity contribution in [3.63, 3.8) is 0 Å². The SMILES string of the molecule is Cc1nc([C@@H]2C[C@H]2c2cc3n(n2)CCCC3)cc(-n2nc(C)nc2C)n1. The number of nitrogens with zero attached hydrogens (tertiary/aromatic N) is 7. The van der Waals surface area contributed by atoms with Crippen LogP contribution in [0, 0.1) is 20.8 Å². The van der Waals surface area contributed by atoms with Crippen molar-refractivity contribution in [3.05, 3.63) is 46.7 Å². The van der Waals surface area contributed by atoms with E-state index >= 15 is 0 Å². The van der Waals surface area contributed by atoms with Crippen LogP contribution in [-0.2, 0) is 13.0 Å². The molecule has 0 aromatic carbocycles. The van der Waals surface area contributed by atoms with Crippen LogP contribution in [0.4, 0.5) is 0 Å². The molecule has 7 heteroatoms. The molecule has 1 aliphatic carbocycles. The van der Waals surface area contributed by atoms with E-state index in [2.05, 4.69) is 31.9 Å². The van der Waals surface area contributed by atoms with Crippen LogP contribution < -0.4 is 0 Å². The highest BCUT2D eigenvalue weighted by Crippen LogP contribution is 2.54. The fourth-order valence-corrected chi connectivity index (χ4v) is 4.08. The van der Waals surface area contributed by atoms with Crippen molar-refractivity contribution in [2.45, 2.75) is 64.8 Å². The molecule has 2 atom stereocenters. The fraction of sp³-hybridized carbons (Fsp3) is 0.526. The second kappa shape index (κ2) is 5.72. The van der Waals surface area contributed by atoms with E-state index in [0.717, 1.165) is 48.4 Å². The molecule has 0 amide bonds. The van der Waals surface area contributed by atoms with Gasteiger partial charge >= 0.3 is 0 Å². The zero-order valence-corrected chi connectivity index (χ0v) is 15.5. The van der Waals surface area contributed by atoms with Crippen molar-refractivity contribution < 1.29 is 0 Å². The number of hydrogen-bond donors (Lipinski definition) is 0. The maximum absolute atomic E-state index is 4.85. The van der Waals surface area contributed by atoms with Crippen molar-refractivity contribution in [1.29, 1.82) is 0 Å². The Bertz CT molecular complexity index is 960. The van der Waals surface area contributed by atoms with Gasteiger partial charge in [-0.25, -0.2) is 15.0 Å². The minimum atomic E-state index is 0.428. The molecule has 2 aliphatic rings. The quantitative estimate of drug-likeness (QED) is 0.727. The van der Waals surface area contributed by atoms with Crippen LogP contribution in [0.1, 0.15) is 65.7 Å². The molecule has 0 spiro atoms. The summed E-state index contributed by atoms with van der Waals surface area (Å²) in [4.78, 5) is 13.7. The first-order chi connectivity index (χ1) is 12.6. The lowest BCUT2D eigenvalue weighted by Crippen LogP contribution is -2.10. The van der Waals surface area contributed by atoms with Gasteiger partial charge in [-0.05, 0) is 52.5 Å². The average molecular weight is 349 g/mol. The van der Waals surface area contributed by atoms with E-state index in [4.69, 9.17) is 10.1 Å². The molecule has 134 valence electrons. The summed E-state index contributed by atoms with van der Waals surface area (Å²) in [5, 5.41) is 9.32. The second-order valence-corrected chi connectivity index (χ2v) is 7.51. The molecule has 3 aromatic rings. The summed E-state index contributed by atoms with van der Waals surface area (Å²) >= 11 is 0. The molecule has 5 rings (SSSR count). The van der Waals surface area contributed by atoms with Crippen LogP contribution in [0.3, 0.4) is 0 Å². The van der Waals surface area contributed by atoms with Gasteiger partial charge in [-0.1, -0.05) is 0 Å². The van der Waals surface area contributed by atoms with Crippen LogP contribution in [0.2, 0.25) is 0 Å². The van der Waals surface area contributed by atoms with E-state index in [1.54, 1.807) is 4.68 Å². The topological polar surface area (TPSA) is 74.3 Å². The summed E-state index contributed by atoms with van der Waals surface area (Å²) in [5.41, 5.74) is 3.72. The second-order valence-electron chi connectivity index (χ2n) is 7.51. The predicted octanol–water partition coefficient (Wildman–Crippen LogP) is 2.79. The first-order valence-electron chi connectivity index (χ1n) is 9.41. The van der Waals surface area contributed by atoms with Gasteiger partial charge in [0.25, 0.3) is 0 Å². The standard InChI is InChI=1S/C19H23N7/c1-11-21-17(10-19(22-11)26-13(3)20-12(2)23-26)15-9-16(15)18-8-14-6-4-5-7-25(14)24-18/h8,10,15-16H,4-7,9H2,1-3H3/t15-,16-/m1/s1. The normalized spacial score (nSPS) is 21.7. The van der Waals surface area contributed by atoms with Gasteiger partial charge in [-0.3, -0.25) is 4.68 Å². The van der Waals surface area contributed by atoms with Gasteiger partial charge in [0.2, 0.25) is 0 Å². The van der Waals surface area contributed by atoms with E-state index < -0.39 is 0 Å². The molecule has 1 fully saturated rings. The van der Waals surface area contributed by atoms with Crippen molar-refractivity contribution in [1.82, 2.24) is 34.5 Å². The third-order valence-corrected chi connectivity index (χ3v) is 5.42. The molecule has 0 radical (unpaired) electrons. The van der Waals surface area contributed by atoms with E-state index in [9.17, 15) is 0 Å². The number of aryl methyl sites for hydroxylation is 5. The van der Waals surface area contributed by atoms with E-state index in [1.807, 2.05) is 20.8 Å².